The number of piperazine rings is 1. The highest BCUT2D eigenvalue weighted by molar-refractivity contribution is 5.52. The van der Waals surface area contributed by atoms with Crippen molar-refractivity contribution >= 4 is 11.4 Å². The molecule has 3 aliphatic heterocycles. The molecule has 11 rings (SSSR count). The molecule has 0 N–H and O–H groups in total. The number of aromatic nitrogens is 7. The van der Waals surface area contributed by atoms with Gasteiger partial charge in [0.2, 0.25) is 0 Å². The van der Waals surface area contributed by atoms with Gasteiger partial charge in [0, 0.05) is 148 Å². The molecule has 0 radical (unpaired) electrons. The average molecular weight is 1460 g/mol. The van der Waals surface area contributed by atoms with Gasteiger partial charge in [-0.05, 0) is 167 Å². The van der Waals surface area contributed by atoms with Crippen LogP contribution >= 0.6 is 0 Å². The van der Waals surface area contributed by atoms with E-state index in [9.17, 15) is 0 Å². The number of pyridine rings is 5. The van der Waals surface area contributed by atoms with Crippen LogP contribution < -0.4 is 9.80 Å². The van der Waals surface area contributed by atoms with Crippen LogP contribution in [0.1, 0.15) is 189 Å². The van der Waals surface area contributed by atoms with Gasteiger partial charge in [0.15, 0.2) is 0 Å². The van der Waals surface area contributed by atoms with Crippen LogP contribution in [0.4, 0.5) is 11.4 Å². The molecule has 2 aromatic carbocycles. The van der Waals surface area contributed by atoms with E-state index in [0.29, 0.717) is 0 Å². The Morgan fingerprint density at radius 2 is 0.552 bits per heavy atom. The number of piperidine rings is 1. The fourth-order valence-corrected chi connectivity index (χ4v) is 6.47. The number of nitrogens with zero attached hydrogens (tertiary/aromatic N) is 14. The minimum Gasteiger partial charge on any atom is -0.379 e. The largest absolute Gasteiger partial charge is 0.379 e. The number of likely N-dealkylation sites (N-methyl/N-ethyl adjacent to an activating group) is 3. The van der Waals surface area contributed by atoms with E-state index in [-0.39, 0.29) is 0 Å². The van der Waals surface area contributed by atoms with Crippen LogP contribution in [0, 0.1) is 6.92 Å². The first kappa shape index (κ1) is 119. The van der Waals surface area contributed by atoms with Crippen LogP contribution in [0.15, 0.2) is 214 Å². The Morgan fingerprint density at radius 3 is 0.695 bits per heavy atom. The third kappa shape index (κ3) is 101. The molecule has 15 heteroatoms. The Morgan fingerprint density at radius 1 is 0.305 bits per heavy atom. The number of benzene rings is 2. The first-order valence-corrected chi connectivity index (χ1v) is 39.7. The zero-order valence-corrected chi connectivity index (χ0v) is 74.4. The summed E-state index contributed by atoms with van der Waals surface area (Å²) in [6.45, 7) is 54.3. The van der Waals surface area contributed by atoms with E-state index >= 15 is 0 Å². The second-order valence-corrected chi connectivity index (χ2v) is 21.8. The number of anilines is 2. The van der Waals surface area contributed by atoms with Crippen molar-refractivity contribution in [2.24, 2.45) is 7.05 Å². The molecule has 0 spiro atoms. The molecule has 0 bridgehead atoms. The van der Waals surface area contributed by atoms with Crippen molar-refractivity contribution < 1.29 is 4.74 Å². The molecule has 0 saturated carbocycles. The lowest BCUT2D eigenvalue weighted by molar-refractivity contribution is 0.0503. The Labute approximate surface area is 652 Å². The number of para-hydroxylation sites is 2. The van der Waals surface area contributed by atoms with E-state index in [1.165, 1.54) is 95.6 Å². The molecule has 3 fully saturated rings. The third-order valence-corrected chi connectivity index (χ3v) is 12.4. The van der Waals surface area contributed by atoms with Gasteiger partial charge >= 0.3 is 0 Å². The van der Waals surface area contributed by atoms with Gasteiger partial charge in [-0.3, -0.25) is 24.9 Å². The van der Waals surface area contributed by atoms with Gasteiger partial charge in [0.05, 0.1) is 24.6 Å². The van der Waals surface area contributed by atoms with E-state index in [1.807, 2.05) is 317 Å². The molecule has 9 heterocycles. The molecule has 0 unspecified atom stereocenters. The van der Waals surface area contributed by atoms with Gasteiger partial charge < -0.3 is 43.6 Å². The molecule has 3 aliphatic rings. The van der Waals surface area contributed by atoms with Crippen molar-refractivity contribution in [2.75, 3.05) is 153 Å². The summed E-state index contributed by atoms with van der Waals surface area (Å²) < 4.78 is 7.07. The zero-order valence-electron chi connectivity index (χ0n) is 74.4. The van der Waals surface area contributed by atoms with Crippen LogP contribution in [0.25, 0.3) is 11.4 Å². The van der Waals surface area contributed by atoms with E-state index < -0.39 is 0 Å². The molecule has 15 nitrogen and oxygen atoms in total. The number of likely N-dealkylation sites (tertiary alicyclic amines) is 1. The summed E-state index contributed by atoms with van der Waals surface area (Å²) in [7, 11) is 24.8. The zero-order chi connectivity index (χ0) is 82.2. The van der Waals surface area contributed by atoms with Gasteiger partial charge in [-0.1, -0.05) is 237 Å². The lowest BCUT2D eigenvalue weighted by atomic mass is 10.1. The number of ether oxygens (including phenoxy) is 1. The van der Waals surface area contributed by atoms with E-state index in [4.69, 9.17) is 4.74 Å². The minimum atomic E-state index is 0.913. The van der Waals surface area contributed by atoms with Gasteiger partial charge in [-0.15, -0.1) is 0 Å². The average Bonchev–Trinajstić information content (AvgIpc) is 1.46. The predicted molar refractivity (Wildman–Crippen MR) is 476 cm³/mol. The van der Waals surface area contributed by atoms with Crippen LogP contribution in [0.5, 0.6) is 0 Å². The second kappa shape index (κ2) is 108. The van der Waals surface area contributed by atoms with Crippen LogP contribution in [-0.4, -0.2) is 202 Å². The molecule has 604 valence electrons. The molecular weight excluding hydrogens is 1290 g/mol. The van der Waals surface area contributed by atoms with Crippen molar-refractivity contribution in [1.82, 2.24) is 59.0 Å². The van der Waals surface area contributed by atoms with Crippen molar-refractivity contribution in [2.45, 2.75) is 190 Å². The number of unbranched alkanes of at least 4 members (excludes halogenated alkanes) is 2. The molecule has 0 atom stereocenters. The molecular formula is C90H168N14O. The SMILES string of the molecule is CC.CC.CC.CC.CC.CC.CC.CC.CCCC.CCCC.CN(C)C.CN(C)c1ccccc1.CN(C)c1ccccc1.CN1CCCCC1.CN1CCN(C)CC1.CN1CCOCC1.Cc1nccn1C.c1ccc(-c2ccccn2)nc1.c1ccncc1.c1ccncc1.c1ccncc1. The smallest absolute Gasteiger partial charge is 0.105 e. The highest BCUT2D eigenvalue weighted by Crippen LogP contribution is 2.11. The van der Waals surface area contributed by atoms with Gasteiger partial charge in [-0.2, -0.15) is 0 Å². The summed E-state index contributed by atoms with van der Waals surface area (Å²) in [5, 5.41) is 0. The predicted octanol–water partition coefficient (Wildman–Crippen LogP) is 22.5. The van der Waals surface area contributed by atoms with Crippen molar-refractivity contribution in [3.63, 3.8) is 0 Å². The monoisotopic (exact) mass is 1460 g/mol. The van der Waals surface area contributed by atoms with Crippen LogP contribution in [-0.2, 0) is 11.8 Å². The number of hydrogen-bond acceptors (Lipinski definition) is 14. The Hall–Kier alpha value is -7.24. The first-order chi connectivity index (χ1) is 51.0. The van der Waals surface area contributed by atoms with Gasteiger partial charge in [-0.25, -0.2) is 4.98 Å². The maximum Gasteiger partial charge on any atom is 0.105 e. The third-order valence-electron chi connectivity index (χ3n) is 12.4. The lowest BCUT2D eigenvalue weighted by Gasteiger charge is -2.28. The van der Waals surface area contributed by atoms with Crippen molar-refractivity contribution in [1.29, 1.82) is 0 Å². The topological polar surface area (TPSA) is 114 Å². The molecule has 8 aromatic rings. The number of morpholine rings is 1. The fraction of sp³-hybridized carbons (Fsp3) is 0.556. The normalized spacial score (nSPS) is 11.4. The van der Waals surface area contributed by atoms with E-state index in [2.05, 4.69) is 139 Å². The van der Waals surface area contributed by atoms with Gasteiger partial charge in [0.25, 0.3) is 0 Å². The summed E-state index contributed by atoms with van der Waals surface area (Å²) >= 11 is 0. The van der Waals surface area contributed by atoms with Crippen LogP contribution in [0.3, 0.4) is 0 Å². The highest BCUT2D eigenvalue weighted by Gasteiger charge is 2.08. The molecule has 3 saturated heterocycles. The Balaban J connectivity index is -0.000000116. The number of imidazole rings is 1. The molecule has 6 aromatic heterocycles. The summed E-state index contributed by atoms with van der Waals surface area (Å²) in [5.41, 5.74) is 4.33. The highest BCUT2D eigenvalue weighted by atomic mass is 16.5. The molecule has 0 aliphatic carbocycles. The maximum atomic E-state index is 5.10. The first-order valence-electron chi connectivity index (χ1n) is 39.7. The lowest BCUT2D eigenvalue weighted by Crippen LogP contribution is -2.42. The van der Waals surface area contributed by atoms with Gasteiger partial charge in [0.1, 0.15) is 5.82 Å². The van der Waals surface area contributed by atoms with Crippen LogP contribution in [0.2, 0.25) is 0 Å². The standard InChI is InChI=1S/C10H8N2.2C8H11N.C6H14N2.C6H13N.C5H8N2.C5H11NO.3C5H5N.2C4H10.C3H9N.8C2H6/c1-3-7-11-9(5-1)10-6-2-4-8-12-10;2*1-9(2)8-6-4-3-5-7-8;1-7-3-5-8(2)6-4-7;1-7-5-3-2-4-6-7;1-5-6-3-4-7(5)2;1-6-2-4-7-5-3-6;3*1-2-4-6-5-3-1;2*1-3-4-2;1-4(2)3;8*1-2/h1-8H;2*3-7H,1-2H3;3-6H2,1-2H3;2-6H2,1H3;3-4H,1-2H3;2-5H2,1H3;3*1-5H;2*3-4H2,1-2H3;1-3H3;8*1-2H3. The second-order valence-electron chi connectivity index (χ2n) is 21.8. The summed E-state index contributed by atoms with van der Waals surface area (Å²) in [5.74, 6) is 1.06. The quantitative estimate of drug-likeness (QED) is 0.163. The number of aryl methyl sites for hydroxylation is 2. The Bertz CT molecular complexity index is 2250. The Kier molecular flexibility index (Phi) is 122. The van der Waals surface area contributed by atoms with E-state index in [1.54, 1.807) is 55.8 Å². The maximum absolute atomic E-state index is 5.10. The van der Waals surface area contributed by atoms with Crippen molar-refractivity contribution in [3.05, 3.63) is 219 Å². The number of hydrogen-bond donors (Lipinski definition) is 0. The number of rotatable bonds is 5. The summed E-state index contributed by atoms with van der Waals surface area (Å²) in [6.07, 6.45) is 27.3. The fourth-order valence-electron chi connectivity index (χ4n) is 6.47. The molecule has 105 heavy (non-hydrogen) atoms. The molecule has 0 amide bonds. The summed E-state index contributed by atoms with van der Waals surface area (Å²) in [6, 6.07) is 49.3. The van der Waals surface area contributed by atoms with E-state index in [0.717, 1.165) is 43.5 Å². The summed E-state index contributed by atoms with van der Waals surface area (Å²) in [4.78, 5) is 39.3. The van der Waals surface area contributed by atoms with Crippen molar-refractivity contribution in [3.8, 4) is 11.4 Å². The minimum absolute atomic E-state index is 0.913.